The van der Waals surface area contributed by atoms with Gasteiger partial charge in [0, 0.05) is 38.0 Å². The summed E-state index contributed by atoms with van der Waals surface area (Å²) in [6.07, 6.45) is 2.36. The van der Waals surface area contributed by atoms with Crippen molar-refractivity contribution in [1.82, 2.24) is 19.4 Å². The maximum Gasteiger partial charge on any atom is 0.329 e. The Morgan fingerprint density at radius 1 is 1.03 bits per heavy atom. The van der Waals surface area contributed by atoms with E-state index in [1.807, 2.05) is 53.1 Å². The van der Waals surface area contributed by atoms with E-state index in [1.165, 1.54) is 0 Å². The van der Waals surface area contributed by atoms with Gasteiger partial charge in [0.05, 0.1) is 15.9 Å². The van der Waals surface area contributed by atoms with Crippen molar-refractivity contribution in [1.29, 1.82) is 0 Å². The molecule has 8 nitrogen and oxygen atoms in total. The molecular formula is C24H30N4O4S. The standard InChI is InChI=1S/C24H30N4O4S/c1-25-23(29)16-27-20-7-3-4-8-21(20)28(24(27)30)17-10-13-26(14-11-17)19-12-15-33(31,32)22-9-5-2-6-18(19)22/h2-9,17,19,31-32H,10-16H2,1H3,(H,25,29). The van der Waals surface area contributed by atoms with Gasteiger partial charge in [0.25, 0.3) is 0 Å². The molecule has 9 heteroatoms. The van der Waals surface area contributed by atoms with Gasteiger partial charge in [0.2, 0.25) is 5.91 Å². The van der Waals surface area contributed by atoms with E-state index in [0.29, 0.717) is 10.6 Å². The molecule has 1 amide bonds. The van der Waals surface area contributed by atoms with Gasteiger partial charge in [-0.05, 0) is 43.0 Å². The number of fused-ring (bicyclic) bond motifs is 2. The summed E-state index contributed by atoms with van der Waals surface area (Å²) >= 11 is 0. The van der Waals surface area contributed by atoms with E-state index >= 15 is 0 Å². The van der Waals surface area contributed by atoms with Crippen LogP contribution in [0.2, 0.25) is 0 Å². The first-order chi connectivity index (χ1) is 15.9. The van der Waals surface area contributed by atoms with Crippen molar-refractivity contribution in [3.05, 3.63) is 64.6 Å². The number of nitrogens with one attached hydrogen (secondary N) is 1. The summed E-state index contributed by atoms with van der Waals surface area (Å²) in [5, 5.41) is 2.60. The molecule has 1 fully saturated rings. The van der Waals surface area contributed by atoms with Gasteiger partial charge >= 0.3 is 5.69 Å². The molecule has 5 rings (SSSR count). The van der Waals surface area contributed by atoms with Crippen LogP contribution in [0.15, 0.2) is 58.2 Å². The van der Waals surface area contributed by atoms with Crippen LogP contribution in [0.4, 0.5) is 0 Å². The lowest BCUT2D eigenvalue weighted by atomic mass is 9.97. The Morgan fingerprint density at radius 3 is 2.42 bits per heavy atom. The first-order valence-corrected chi connectivity index (χ1v) is 13.1. The average Bonchev–Trinajstić information content (AvgIpc) is 3.10. The number of imidazole rings is 1. The summed E-state index contributed by atoms with van der Waals surface area (Å²) in [6, 6.07) is 15.5. The van der Waals surface area contributed by atoms with E-state index in [0.717, 1.165) is 48.9 Å². The zero-order chi connectivity index (χ0) is 23.2. The molecule has 0 bridgehead atoms. The van der Waals surface area contributed by atoms with Crippen molar-refractivity contribution in [2.45, 2.75) is 42.8 Å². The lowest BCUT2D eigenvalue weighted by molar-refractivity contribution is -0.121. The van der Waals surface area contributed by atoms with Crippen LogP contribution in [0.5, 0.6) is 0 Å². The van der Waals surface area contributed by atoms with Crippen molar-refractivity contribution >= 4 is 27.5 Å². The lowest BCUT2D eigenvalue weighted by Gasteiger charge is -2.46. The van der Waals surface area contributed by atoms with E-state index in [4.69, 9.17) is 0 Å². The number of aromatic nitrogens is 2. The summed E-state index contributed by atoms with van der Waals surface area (Å²) in [5.74, 6) is 0.192. The number of amides is 1. The highest BCUT2D eigenvalue weighted by atomic mass is 32.3. The number of hydrogen-bond donors (Lipinski definition) is 3. The highest BCUT2D eigenvalue weighted by Crippen LogP contribution is 2.57. The number of para-hydroxylation sites is 2. The number of nitrogens with zero attached hydrogens (tertiary/aromatic N) is 3. The van der Waals surface area contributed by atoms with Gasteiger partial charge < -0.3 is 5.32 Å². The number of benzene rings is 2. The first-order valence-electron chi connectivity index (χ1n) is 11.4. The molecule has 3 N–H and O–H groups in total. The fraction of sp³-hybridized carbons (Fsp3) is 0.417. The summed E-state index contributed by atoms with van der Waals surface area (Å²) < 4.78 is 24.4. The van der Waals surface area contributed by atoms with Crippen LogP contribution in [0, 0.1) is 0 Å². The summed E-state index contributed by atoms with van der Waals surface area (Å²) in [7, 11) is -1.14. The predicted octanol–water partition coefficient (Wildman–Crippen LogP) is 3.44. The molecule has 3 heterocycles. The SMILES string of the molecule is CNC(=O)Cn1c(=O)n(C2CCN(C3CCS(O)(O)c4ccccc43)CC2)c2ccccc21. The van der Waals surface area contributed by atoms with E-state index in [-0.39, 0.29) is 30.2 Å². The molecule has 3 aromatic rings. The van der Waals surface area contributed by atoms with Crippen molar-refractivity contribution in [2.24, 2.45) is 0 Å². The third kappa shape index (κ3) is 3.89. The van der Waals surface area contributed by atoms with Crippen molar-refractivity contribution in [3.8, 4) is 0 Å². The maximum absolute atomic E-state index is 13.3. The van der Waals surface area contributed by atoms with Crippen LogP contribution < -0.4 is 11.0 Å². The molecule has 2 aliphatic rings. The van der Waals surface area contributed by atoms with E-state index in [2.05, 4.69) is 10.2 Å². The summed E-state index contributed by atoms with van der Waals surface area (Å²) in [6.45, 7) is 1.65. The lowest BCUT2D eigenvalue weighted by Crippen LogP contribution is -2.41. The van der Waals surface area contributed by atoms with Crippen LogP contribution in [0.3, 0.4) is 0 Å². The Bertz CT molecular complexity index is 1240. The Balaban J connectivity index is 1.40. The Labute approximate surface area is 194 Å². The van der Waals surface area contributed by atoms with Gasteiger partial charge in [-0.3, -0.25) is 27.9 Å². The minimum atomic E-state index is -2.71. The fourth-order valence-electron chi connectivity index (χ4n) is 5.39. The molecule has 2 aromatic carbocycles. The third-order valence-corrected chi connectivity index (χ3v) is 8.94. The third-order valence-electron chi connectivity index (χ3n) is 7.06. The Kier molecular flexibility index (Phi) is 5.82. The molecule has 1 atom stereocenters. The monoisotopic (exact) mass is 470 g/mol. The first kappa shape index (κ1) is 22.2. The molecular weight excluding hydrogens is 440 g/mol. The van der Waals surface area contributed by atoms with E-state index in [1.54, 1.807) is 11.6 Å². The second kappa shape index (κ2) is 8.64. The summed E-state index contributed by atoms with van der Waals surface area (Å²) in [4.78, 5) is 28.4. The van der Waals surface area contributed by atoms with Crippen LogP contribution in [0.25, 0.3) is 11.0 Å². The molecule has 0 spiro atoms. The number of hydrogen-bond acceptors (Lipinski definition) is 5. The largest absolute Gasteiger partial charge is 0.358 e. The number of carbonyl (C=O) groups is 1. The molecule has 0 saturated carbocycles. The minimum Gasteiger partial charge on any atom is -0.358 e. The zero-order valence-electron chi connectivity index (χ0n) is 18.7. The summed E-state index contributed by atoms with van der Waals surface area (Å²) in [5.41, 5.74) is 2.51. The van der Waals surface area contributed by atoms with E-state index < -0.39 is 10.6 Å². The normalized spacial score (nSPS) is 22.1. The van der Waals surface area contributed by atoms with Crippen LogP contribution in [0.1, 0.15) is 36.9 Å². The smallest absolute Gasteiger partial charge is 0.329 e. The van der Waals surface area contributed by atoms with Gasteiger partial charge in [-0.1, -0.05) is 30.3 Å². The molecule has 1 saturated heterocycles. The van der Waals surface area contributed by atoms with Gasteiger partial charge in [-0.2, -0.15) is 10.6 Å². The Morgan fingerprint density at radius 2 is 1.70 bits per heavy atom. The highest BCUT2D eigenvalue weighted by Gasteiger charge is 2.36. The number of carbonyl (C=O) groups excluding carboxylic acids is 1. The van der Waals surface area contributed by atoms with E-state index in [9.17, 15) is 18.7 Å². The zero-order valence-corrected chi connectivity index (χ0v) is 19.5. The molecule has 0 aliphatic carbocycles. The van der Waals surface area contributed by atoms with Crippen molar-refractivity contribution in [3.63, 3.8) is 0 Å². The number of piperidine rings is 1. The minimum absolute atomic E-state index is 0.00690. The molecule has 1 unspecified atom stereocenters. The van der Waals surface area contributed by atoms with Gasteiger partial charge in [0.1, 0.15) is 6.54 Å². The fourth-order valence-corrected chi connectivity index (χ4v) is 7.04. The van der Waals surface area contributed by atoms with Gasteiger partial charge in [0.15, 0.2) is 0 Å². The molecule has 33 heavy (non-hydrogen) atoms. The molecule has 1 aromatic heterocycles. The van der Waals surface area contributed by atoms with Crippen LogP contribution >= 0.6 is 10.6 Å². The maximum atomic E-state index is 13.3. The molecule has 0 radical (unpaired) electrons. The predicted molar refractivity (Wildman–Crippen MR) is 130 cm³/mol. The number of rotatable bonds is 4. The van der Waals surface area contributed by atoms with Crippen molar-refractivity contribution < 1.29 is 13.9 Å². The Hall–Kier alpha value is -2.59. The quantitative estimate of drug-likeness (QED) is 0.542. The molecule has 2 aliphatic heterocycles. The van der Waals surface area contributed by atoms with Crippen LogP contribution in [-0.2, 0) is 11.3 Å². The van der Waals surface area contributed by atoms with Gasteiger partial charge in [-0.25, -0.2) is 4.79 Å². The van der Waals surface area contributed by atoms with Crippen molar-refractivity contribution in [2.75, 3.05) is 25.9 Å². The molecule has 176 valence electrons. The highest BCUT2D eigenvalue weighted by molar-refractivity contribution is 8.24. The van der Waals surface area contributed by atoms with Gasteiger partial charge in [-0.15, -0.1) is 0 Å². The van der Waals surface area contributed by atoms with Crippen LogP contribution in [-0.4, -0.2) is 54.9 Å². The number of likely N-dealkylation sites (N-methyl/N-ethyl adjacent to an activating group) is 1. The number of likely N-dealkylation sites (tertiary alicyclic amines) is 1. The average molecular weight is 471 g/mol. The topological polar surface area (TPSA) is 99.7 Å². The second-order valence-corrected chi connectivity index (χ2v) is 11.1. The second-order valence-electron chi connectivity index (χ2n) is 8.88.